The molecule has 2 aliphatic carbocycles. The van der Waals surface area contributed by atoms with Gasteiger partial charge >= 0.3 is 0 Å². The fraction of sp³-hybridized carbons (Fsp3) is 0.531. The van der Waals surface area contributed by atoms with Crippen LogP contribution in [0.25, 0.3) is 0 Å². The maximum atomic E-state index is 13.9. The van der Waals surface area contributed by atoms with Crippen molar-refractivity contribution < 1.29 is 28.0 Å². The lowest BCUT2D eigenvalue weighted by molar-refractivity contribution is -0.143. The highest BCUT2D eigenvalue weighted by atomic mass is 19.3. The maximum absolute atomic E-state index is 13.9. The summed E-state index contributed by atoms with van der Waals surface area (Å²) in [5.74, 6) is -4.88. The minimum atomic E-state index is -2.67. The normalized spacial score (nSPS) is 24.0. The van der Waals surface area contributed by atoms with Crippen molar-refractivity contribution in [2.45, 2.75) is 82.3 Å². The predicted octanol–water partition coefficient (Wildman–Crippen LogP) is 3.84. The van der Waals surface area contributed by atoms with E-state index in [1.54, 1.807) is 29.3 Å². The largest absolute Gasteiger partial charge is 0.344 e. The third-order valence-electron chi connectivity index (χ3n) is 9.08. The standard InChI is InChI=1S/C32H38F2N4O4/c33-32(34)14-12-22(13-15-32)18-27(39)38-20-23-9-6-11-25(23)28(38)30(41)37-26(17-21-7-2-1-3-8-21)29(40)31(42)36-19-24-10-4-5-16-35-24/h1-5,7-8,10,16,22-23,25-26,28H,6,9,11-15,17-20H2,(H,36,42)(H,37,41)/t23-,25-,26+,28-/m0/s1. The van der Waals surface area contributed by atoms with Crippen molar-refractivity contribution in [1.82, 2.24) is 20.5 Å². The van der Waals surface area contributed by atoms with E-state index >= 15 is 0 Å². The van der Waals surface area contributed by atoms with Crippen LogP contribution in [0.2, 0.25) is 0 Å². The molecule has 1 saturated heterocycles. The van der Waals surface area contributed by atoms with Crippen molar-refractivity contribution >= 4 is 23.5 Å². The number of carbonyl (C=O) groups is 4. The second-order valence-corrected chi connectivity index (χ2v) is 12.0. The van der Waals surface area contributed by atoms with E-state index in [2.05, 4.69) is 15.6 Å². The fourth-order valence-electron chi connectivity index (χ4n) is 6.80. The summed E-state index contributed by atoms with van der Waals surface area (Å²) in [6.07, 6.45) is 4.67. The van der Waals surface area contributed by atoms with Crippen molar-refractivity contribution in [3.8, 4) is 0 Å². The molecule has 10 heteroatoms. The fourth-order valence-corrected chi connectivity index (χ4v) is 6.80. The molecule has 2 aromatic rings. The number of hydrogen-bond donors (Lipinski definition) is 2. The zero-order valence-corrected chi connectivity index (χ0v) is 23.6. The van der Waals surface area contributed by atoms with Crippen LogP contribution in [0.15, 0.2) is 54.7 Å². The van der Waals surface area contributed by atoms with Crippen LogP contribution in [0.4, 0.5) is 8.78 Å². The van der Waals surface area contributed by atoms with Crippen LogP contribution in [-0.2, 0) is 32.1 Å². The predicted molar refractivity (Wildman–Crippen MR) is 151 cm³/mol. The summed E-state index contributed by atoms with van der Waals surface area (Å²) < 4.78 is 27.3. The van der Waals surface area contributed by atoms with Gasteiger partial charge in [0.05, 0.1) is 12.2 Å². The number of aromatic nitrogens is 1. The number of nitrogens with one attached hydrogen (secondary N) is 2. The lowest BCUT2D eigenvalue weighted by atomic mass is 9.84. The molecule has 0 radical (unpaired) electrons. The summed E-state index contributed by atoms with van der Waals surface area (Å²) in [4.78, 5) is 59.4. The van der Waals surface area contributed by atoms with Gasteiger partial charge in [0.1, 0.15) is 12.1 Å². The third kappa shape index (κ3) is 7.20. The Hall–Kier alpha value is -3.69. The number of fused-ring (bicyclic) bond motifs is 1. The molecule has 3 fully saturated rings. The Morgan fingerprint density at radius 3 is 2.43 bits per heavy atom. The summed E-state index contributed by atoms with van der Waals surface area (Å²) in [6.45, 7) is 0.519. The lowest BCUT2D eigenvalue weighted by Gasteiger charge is -2.32. The van der Waals surface area contributed by atoms with E-state index in [1.165, 1.54) is 0 Å². The highest BCUT2D eigenvalue weighted by Crippen LogP contribution is 2.43. The highest BCUT2D eigenvalue weighted by molar-refractivity contribution is 6.38. The molecule has 0 unspecified atom stereocenters. The average molecular weight is 581 g/mol. The van der Waals surface area contributed by atoms with Gasteiger partial charge in [0.2, 0.25) is 23.5 Å². The van der Waals surface area contributed by atoms with Crippen molar-refractivity contribution in [2.75, 3.05) is 6.54 Å². The van der Waals surface area contributed by atoms with Crippen molar-refractivity contribution in [3.63, 3.8) is 0 Å². The lowest BCUT2D eigenvalue weighted by Crippen LogP contribution is -2.55. The monoisotopic (exact) mass is 580 g/mol. The second kappa shape index (κ2) is 13.1. The van der Waals surface area contributed by atoms with Crippen molar-refractivity contribution in [3.05, 3.63) is 66.0 Å². The molecule has 2 N–H and O–H groups in total. The molecule has 2 heterocycles. The molecule has 8 nitrogen and oxygen atoms in total. The number of rotatable bonds is 10. The highest BCUT2D eigenvalue weighted by Gasteiger charge is 2.50. The Bertz CT molecular complexity index is 1270. The number of Topliss-reactive ketones (excluding diaryl/α,β-unsaturated/α-hetero) is 1. The molecule has 3 aliphatic rings. The topological polar surface area (TPSA) is 108 Å². The SMILES string of the molecule is O=C(NCc1ccccn1)C(=O)[C@@H](Cc1ccccc1)NC(=O)[C@@H]1[C@H]2CCC[C@H]2CN1C(=O)CC1CCC(F)(F)CC1. The summed E-state index contributed by atoms with van der Waals surface area (Å²) in [7, 11) is 0. The van der Waals surface area contributed by atoms with Gasteiger partial charge in [-0.15, -0.1) is 0 Å². The number of halogens is 2. The van der Waals surface area contributed by atoms with Gasteiger partial charge in [0, 0.05) is 38.4 Å². The molecule has 3 amide bonds. The maximum Gasteiger partial charge on any atom is 0.289 e. The zero-order chi connectivity index (χ0) is 29.7. The van der Waals surface area contributed by atoms with E-state index in [9.17, 15) is 28.0 Å². The van der Waals surface area contributed by atoms with E-state index in [0.717, 1.165) is 24.8 Å². The second-order valence-electron chi connectivity index (χ2n) is 12.0. The number of nitrogens with zero attached hydrogens (tertiary/aromatic N) is 2. The van der Waals surface area contributed by atoms with Crippen LogP contribution in [-0.4, -0.2) is 57.9 Å². The smallest absolute Gasteiger partial charge is 0.289 e. The van der Waals surface area contributed by atoms with Gasteiger partial charge in [-0.1, -0.05) is 42.8 Å². The first-order valence-electron chi connectivity index (χ1n) is 14.9. The van der Waals surface area contributed by atoms with Crippen LogP contribution in [0, 0.1) is 17.8 Å². The van der Waals surface area contributed by atoms with Crippen molar-refractivity contribution in [1.29, 1.82) is 0 Å². The third-order valence-corrected chi connectivity index (χ3v) is 9.08. The number of amides is 3. The summed E-state index contributed by atoms with van der Waals surface area (Å²) in [5.41, 5.74) is 1.37. The summed E-state index contributed by atoms with van der Waals surface area (Å²) in [6, 6.07) is 12.5. The summed E-state index contributed by atoms with van der Waals surface area (Å²) in [5, 5.41) is 5.44. The van der Waals surface area contributed by atoms with Crippen LogP contribution in [0.5, 0.6) is 0 Å². The van der Waals surface area contributed by atoms with Gasteiger partial charge in [-0.25, -0.2) is 8.78 Å². The van der Waals surface area contributed by atoms with Gasteiger partial charge in [-0.3, -0.25) is 24.2 Å². The molecule has 1 aliphatic heterocycles. The van der Waals surface area contributed by atoms with Gasteiger partial charge < -0.3 is 15.5 Å². The minimum absolute atomic E-state index is 0.0323. The van der Waals surface area contributed by atoms with Gasteiger partial charge in [-0.2, -0.15) is 0 Å². The first-order chi connectivity index (χ1) is 20.2. The first kappa shape index (κ1) is 29.8. The van der Waals surface area contributed by atoms with E-state index in [-0.39, 0.29) is 68.7 Å². The molecule has 1 aromatic heterocycles. The van der Waals surface area contributed by atoms with Gasteiger partial charge in [-0.05, 0) is 61.1 Å². The Balaban J connectivity index is 1.29. The van der Waals surface area contributed by atoms with E-state index in [4.69, 9.17) is 0 Å². The zero-order valence-electron chi connectivity index (χ0n) is 23.6. The van der Waals surface area contributed by atoms with Crippen LogP contribution < -0.4 is 10.6 Å². The van der Waals surface area contributed by atoms with Crippen molar-refractivity contribution in [2.24, 2.45) is 17.8 Å². The number of ketones is 1. The molecule has 0 spiro atoms. The molecule has 1 aromatic carbocycles. The Morgan fingerprint density at radius 2 is 1.71 bits per heavy atom. The molecule has 42 heavy (non-hydrogen) atoms. The minimum Gasteiger partial charge on any atom is -0.344 e. The Kier molecular flexibility index (Phi) is 9.28. The number of pyridine rings is 1. The van der Waals surface area contributed by atoms with Crippen LogP contribution in [0.1, 0.15) is 62.6 Å². The molecule has 224 valence electrons. The molecule has 2 saturated carbocycles. The van der Waals surface area contributed by atoms with Gasteiger partial charge in [0.25, 0.3) is 5.91 Å². The summed E-state index contributed by atoms with van der Waals surface area (Å²) >= 11 is 0. The number of likely N-dealkylation sites (tertiary alicyclic amines) is 1. The molecule has 0 bridgehead atoms. The van der Waals surface area contributed by atoms with Crippen LogP contribution in [0.3, 0.4) is 0 Å². The van der Waals surface area contributed by atoms with E-state index in [1.807, 2.05) is 30.3 Å². The van der Waals surface area contributed by atoms with E-state index in [0.29, 0.717) is 12.2 Å². The Labute approximate surface area is 244 Å². The number of alkyl halides is 2. The molecular weight excluding hydrogens is 542 g/mol. The number of benzene rings is 1. The number of carbonyl (C=O) groups excluding carboxylic acids is 4. The quantitative estimate of drug-likeness (QED) is 0.416. The first-order valence-corrected chi connectivity index (χ1v) is 14.9. The average Bonchev–Trinajstić information content (AvgIpc) is 3.59. The Morgan fingerprint density at radius 1 is 0.976 bits per heavy atom. The molecular formula is C32H38F2N4O4. The molecule has 5 rings (SSSR count). The number of hydrogen-bond acceptors (Lipinski definition) is 5. The van der Waals surface area contributed by atoms with Crippen LogP contribution >= 0.6 is 0 Å². The molecule has 4 atom stereocenters. The van der Waals surface area contributed by atoms with Gasteiger partial charge in [0.15, 0.2) is 0 Å². The van der Waals surface area contributed by atoms with E-state index < -0.39 is 35.6 Å².